The van der Waals surface area contributed by atoms with Crippen molar-refractivity contribution in [2.24, 2.45) is 5.10 Å². The zero-order valence-electron chi connectivity index (χ0n) is 10.9. The molecule has 0 fully saturated rings. The molecule has 0 aliphatic rings. The molecule has 0 saturated heterocycles. The third kappa shape index (κ3) is 3.40. The molecule has 0 aliphatic carbocycles. The molecule has 1 heterocycles. The molecule has 3 rings (SSSR count). The van der Waals surface area contributed by atoms with Crippen molar-refractivity contribution in [3.63, 3.8) is 0 Å². The minimum absolute atomic E-state index is 0.671. The largest absolute Gasteiger partial charge is 0.278 e. The number of anilines is 1. The molecule has 0 aliphatic heterocycles. The van der Waals surface area contributed by atoms with E-state index in [1.54, 1.807) is 12.4 Å². The lowest BCUT2D eigenvalue weighted by atomic mass is 10.2. The third-order valence-corrected chi connectivity index (χ3v) is 3.68. The summed E-state index contributed by atoms with van der Waals surface area (Å²) in [4.78, 5) is 4.30. The van der Waals surface area contributed by atoms with Gasteiger partial charge >= 0.3 is 0 Å². The van der Waals surface area contributed by atoms with E-state index in [0.717, 1.165) is 26.6 Å². The van der Waals surface area contributed by atoms with E-state index in [9.17, 15) is 0 Å². The van der Waals surface area contributed by atoms with Crippen LogP contribution in [0.2, 0.25) is 5.02 Å². The Morgan fingerprint density at radius 2 is 2.05 bits per heavy atom. The van der Waals surface area contributed by atoms with Gasteiger partial charge in [-0.15, -0.1) is 0 Å². The second kappa shape index (κ2) is 6.24. The maximum Gasteiger partial charge on any atom is 0.0738 e. The van der Waals surface area contributed by atoms with Gasteiger partial charge in [0.1, 0.15) is 0 Å². The molecule has 0 amide bonds. The van der Waals surface area contributed by atoms with Crippen LogP contribution in [0.4, 0.5) is 5.69 Å². The quantitative estimate of drug-likeness (QED) is 0.521. The summed E-state index contributed by atoms with van der Waals surface area (Å²) in [5.41, 5.74) is 5.79. The Labute approximate surface area is 135 Å². The number of aromatic nitrogens is 1. The van der Waals surface area contributed by atoms with Crippen molar-refractivity contribution in [1.29, 1.82) is 0 Å². The molecular formula is C16H11BrClN3. The van der Waals surface area contributed by atoms with Crippen LogP contribution in [0.5, 0.6) is 0 Å². The van der Waals surface area contributed by atoms with E-state index in [4.69, 9.17) is 11.6 Å². The Morgan fingerprint density at radius 3 is 2.90 bits per heavy atom. The summed E-state index contributed by atoms with van der Waals surface area (Å²) in [5.74, 6) is 0. The molecule has 0 unspecified atom stereocenters. The van der Waals surface area contributed by atoms with Gasteiger partial charge in [0.25, 0.3) is 0 Å². The number of nitrogens with one attached hydrogen (secondary N) is 1. The number of nitrogens with zero attached hydrogens (tertiary/aromatic N) is 2. The molecule has 3 nitrogen and oxygen atoms in total. The molecule has 21 heavy (non-hydrogen) atoms. The lowest BCUT2D eigenvalue weighted by Crippen LogP contribution is -1.92. The highest BCUT2D eigenvalue weighted by atomic mass is 79.9. The maximum atomic E-state index is 5.98. The van der Waals surface area contributed by atoms with Gasteiger partial charge in [-0.3, -0.25) is 10.4 Å². The van der Waals surface area contributed by atoms with Crippen LogP contribution in [0.1, 0.15) is 5.56 Å². The van der Waals surface area contributed by atoms with Gasteiger partial charge < -0.3 is 0 Å². The lowest BCUT2D eigenvalue weighted by Gasteiger charge is -2.05. The number of halogens is 2. The summed E-state index contributed by atoms with van der Waals surface area (Å²) in [6.07, 6.45) is 3.50. The normalized spacial score (nSPS) is 11.1. The second-order valence-electron chi connectivity index (χ2n) is 4.44. The average molecular weight is 361 g/mol. The van der Waals surface area contributed by atoms with E-state index in [0.29, 0.717) is 5.02 Å². The van der Waals surface area contributed by atoms with Gasteiger partial charge in [-0.05, 0) is 42.0 Å². The first kappa shape index (κ1) is 14.0. The van der Waals surface area contributed by atoms with E-state index < -0.39 is 0 Å². The summed E-state index contributed by atoms with van der Waals surface area (Å²) >= 11 is 9.41. The molecule has 1 aromatic heterocycles. The molecule has 1 N–H and O–H groups in total. The summed E-state index contributed by atoms with van der Waals surface area (Å²) in [7, 11) is 0. The van der Waals surface area contributed by atoms with E-state index in [-0.39, 0.29) is 0 Å². The first-order valence-corrected chi connectivity index (χ1v) is 7.48. The maximum absolute atomic E-state index is 5.98. The summed E-state index contributed by atoms with van der Waals surface area (Å²) in [6, 6.07) is 15.4. The van der Waals surface area contributed by atoms with Crippen molar-refractivity contribution in [1.82, 2.24) is 4.98 Å². The predicted molar refractivity (Wildman–Crippen MR) is 92.1 cm³/mol. The number of hydrazone groups is 1. The van der Waals surface area contributed by atoms with E-state index in [2.05, 4.69) is 31.4 Å². The number of pyridine rings is 1. The van der Waals surface area contributed by atoms with Crippen LogP contribution in [-0.2, 0) is 0 Å². The van der Waals surface area contributed by atoms with Gasteiger partial charge in [-0.1, -0.05) is 39.7 Å². The highest BCUT2D eigenvalue weighted by molar-refractivity contribution is 9.10. The Balaban J connectivity index is 1.85. The first-order valence-electron chi connectivity index (χ1n) is 6.31. The number of fused-ring (bicyclic) bond motifs is 1. The Kier molecular flexibility index (Phi) is 4.18. The van der Waals surface area contributed by atoms with Crippen molar-refractivity contribution in [2.45, 2.75) is 0 Å². The summed E-state index contributed by atoms with van der Waals surface area (Å²) in [6.45, 7) is 0. The Bertz CT molecular complexity index is 817. The highest BCUT2D eigenvalue weighted by Crippen LogP contribution is 2.24. The molecule has 0 saturated carbocycles. The van der Waals surface area contributed by atoms with Gasteiger partial charge in [-0.2, -0.15) is 5.10 Å². The smallest absolute Gasteiger partial charge is 0.0738 e. The van der Waals surface area contributed by atoms with Gasteiger partial charge in [0.2, 0.25) is 0 Å². The summed E-state index contributed by atoms with van der Waals surface area (Å²) < 4.78 is 1.02. The van der Waals surface area contributed by atoms with Crippen molar-refractivity contribution >= 4 is 50.3 Å². The van der Waals surface area contributed by atoms with Crippen LogP contribution in [0, 0.1) is 0 Å². The predicted octanol–water partition coefficient (Wildman–Crippen LogP) is 5.10. The molecule has 5 heteroatoms. The van der Waals surface area contributed by atoms with E-state index in [1.165, 1.54) is 0 Å². The van der Waals surface area contributed by atoms with Crippen molar-refractivity contribution < 1.29 is 0 Å². The van der Waals surface area contributed by atoms with Crippen LogP contribution in [-0.4, -0.2) is 11.2 Å². The molecule has 104 valence electrons. The number of hydrogen-bond donors (Lipinski definition) is 1. The third-order valence-electron chi connectivity index (χ3n) is 2.95. The van der Waals surface area contributed by atoms with Crippen LogP contribution in [0.25, 0.3) is 10.9 Å². The van der Waals surface area contributed by atoms with Crippen LogP contribution >= 0.6 is 27.5 Å². The van der Waals surface area contributed by atoms with Crippen molar-refractivity contribution in [3.8, 4) is 0 Å². The molecule has 2 aromatic carbocycles. The molecule has 0 spiro atoms. The number of rotatable bonds is 3. The van der Waals surface area contributed by atoms with Crippen molar-refractivity contribution in [2.75, 3.05) is 5.43 Å². The molecule has 0 atom stereocenters. The average Bonchev–Trinajstić information content (AvgIpc) is 2.47. The molecular weight excluding hydrogens is 350 g/mol. The zero-order valence-corrected chi connectivity index (χ0v) is 13.3. The number of hydrogen-bond acceptors (Lipinski definition) is 3. The second-order valence-corrected chi connectivity index (χ2v) is 5.80. The minimum atomic E-state index is 0.671. The van der Waals surface area contributed by atoms with Gasteiger partial charge in [0, 0.05) is 21.1 Å². The fourth-order valence-electron chi connectivity index (χ4n) is 1.98. The van der Waals surface area contributed by atoms with Crippen LogP contribution in [0.15, 0.2) is 64.3 Å². The number of benzene rings is 2. The SMILES string of the molecule is Clc1ccc2c(N/N=C/c3cccc(Br)c3)ccnc2c1. The minimum Gasteiger partial charge on any atom is -0.278 e. The fourth-order valence-corrected chi connectivity index (χ4v) is 2.57. The van der Waals surface area contributed by atoms with Gasteiger partial charge in [-0.25, -0.2) is 0 Å². The van der Waals surface area contributed by atoms with Crippen molar-refractivity contribution in [3.05, 3.63) is 69.8 Å². The first-order chi connectivity index (χ1) is 10.2. The summed E-state index contributed by atoms with van der Waals surface area (Å²) in [5, 5.41) is 5.92. The van der Waals surface area contributed by atoms with E-state index in [1.807, 2.05) is 48.5 Å². The van der Waals surface area contributed by atoms with Crippen LogP contribution < -0.4 is 5.43 Å². The van der Waals surface area contributed by atoms with Gasteiger partial charge in [0.15, 0.2) is 0 Å². The monoisotopic (exact) mass is 359 g/mol. The molecule has 0 radical (unpaired) electrons. The zero-order chi connectivity index (χ0) is 14.7. The van der Waals surface area contributed by atoms with Crippen LogP contribution in [0.3, 0.4) is 0 Å². The Morgan fingerprint density at radius 1 is 1.14 bits per heavy atom. The lowest BCUT2D eigenvalue weighted by molar-refractivity contribution is 1.33. The molecule has 0 bridgehead atoms. The topological polar surface area (TPSA) is 37.3 Å². The fraction of sp³-hybridized carbons (Fsp3) is 0. The van der Waals surface area contributed by atoms with E-state index >= 15 is 0 Å². The highest BCUT2D eigenvalue weighted by Gasteiger charge is 2.01. The standard InChI is InChI=1S/C16H11BrClN3/c17-12-3-1-2-11(8-12)10-20-21-15-6-7-19-16-9-13(18)4-5-14(15)16/h1-10H,(H,19,21)/b20-10+. The van der Waals surface area contributed by atoms with Gasteiger partial charge in [0.05, 0.1) is 17.4 Å². The Hall–Kier alpha value is -1.91. The molecule has 3 aromatic rings.